The number of imidazole rings is 1. The zero-order chi connectivity index (χ0) is 24.1. The van der Waals surface area contributed by atoms with Gasteiger partial charge in [-0.25, -0.2) is 9.97 Å². The minimum Gasteiger partial charge on any atom is -0.390 e. The first-order valence-electron chi connectivity index (χ1n) is 10.8. The molecule has 0 aliphatic heterocycles. The number of benzene rings is 1. The molecule has 0 aliphatic carbocycles. The topological polar surface area (TPSA) is 114 Å². The molecule has 0 aliphatic rings. The van der Waals surface area contributed by atoms with Gasteiger partial charge in [0, 0.05) is 22.3 Å². The van der Waals surface area contributed by atoms with Crippen molar-refractivity contribution in [2.75, 3.05) is 5.73 Å². The van der Waals surface area contributed by atoms with E-state index < -0.39 is 18.1 Å². The van der Waals surface area contributed by atoms with Gasteiger partial charge in [-0.15, -0.1) is 0 Å². The first-order valence-corrected chi connectivity index (χ1v) is 9.35. The fraction of sp³-hybridized carbons (Fsp3) is 0.409. The van der Waals surface area contributed by atoms with Crippen molar-refractivity contribution in [3.8, 4) is 11.3 Å². The second-order valence-electron chi connectivity index (χ2n) is 8.40. The standard InChI is InChI=1S/C22H28N4O3/c1-13-6-7-14(22(4,5)29)10-15(13)17-11-24-20-19(23)25-16(12-26(17)20)18(27)8-9-21(2,3)28/h6-7,10-12,28-29H,8-9H2,1-5H3,(H2,23,25)/i1D3. The van der Waals surface area contributed by atoms with Gasteiger partial charge < -0.3 is 15.9 Å². The fourth-order valence-corrected chi connectivity index (χ4v) is 3.03. The maximum Gasteiger partial charge on any atom is 0.182 e. The summed E-state index contributed by atoms with van der Waals surface area (Å²) in [7, 11) is 0. The summed E-state index contributed by atoms with van der Waals surface area (Å²) in [6.45, 7) is 4.03. The van der Waals surface area contributed by atoms with E-state index >= 15 is 0 Å². The molecule has 0 spiro atoms. The highest BCUT2D eigenvalue weighted by Gasteiger charge is 2.21. The minimum atomic E-state index is -2.42. The number of carbonyl (C=O) groups excluding carboxylic acids is 1. The van der Waals surface area contributed by atoms with Crippen LogP contribution in [-0.2, 0) is 5.60 Å². The number of aromatic nitrogens is 3. The van der Waals surface area contributed by atoms with E-state index in [0.29, 0.717) is 16.8 Å². The zero-order valence-electron chi connectivity index (χ0n) is 20.0. The van der Waals surface area contributed by atoms with E-state index in [1.807, 2.05) is 0 Å². The number of nitrogens with two attached hydrogens (primary N) is 1. The van der Waals surface area contributed by atoms with Crippen LogP contribution in [0.4, 0.5) is 5.82 Å². The molecule has 2 heterocycles. The van der Waals surface area contributed by atoms with Crippen LogP contribution in [0, 0.1) is 6.85 Å². The SMILES string of the molecule is [2H]C([2H])([2H])c1ccc(C(C)(C)O)cc1-c1cnc2c(N)nc(C(=O)CCC(C)(C)O)cn12. The van der Waals surface area contributed by atoms with E-state index in [1.54, 1.807) is 44.2 Å². The highest BCUT2D eigenvalue weighted by molar-refractivity contribution is 5.95. The van der Waals surface area contributed by atoms with Gasteiger partial charge in [0.1, 0.15) is 5.69 Å². The van der Waals surface area contributed by atoms with Crippen molar-refractivity contribution in [3.63, 3.8) is 0 Å². The van der Waals surface area contributed by atoms with E-state index in [0.717, 1.165) is 0 Å². The molecule has 0 bridgehead atoms. The largest absolute Gasteiger partial charge is 0.390 e. The number of fused-ring (bicyclic) bond motifs is 1. The quantitative estimate of drug-likeness (QED) is 0.548. The number of hydrogen-bond acceptors (Lipinski definition) is 6. The third-order valence-corrected chi connectivity index (χ3v) is 4.77. The third-order valence-electron chi connectivity index (χ3n) is 4.77. The Kier molecular flexibility index (Phi) is 4.27. The molecule has 0 radical (unpaired) electrons. The number of ketones is 1. The smallest absolute Gasteiger partial charge is 0.182 e. The molecule has 0 saturated heterocycles. The summed E-state index contributed by atoms with van der Waals surface area (Å²) in [4.78, 5) is 21.1. The minimum absolute atomic E-state index is 0.0273. The summed E-state index contributed by atoms with van der Waals surface area (Å²) < 4.78 is 25.4. The number of nitrogen functional groups attached to an aromatic ring is 1. The van der Waals surface area contributed by atoms with E-state index in [4.69, 9.17) is 9.85 Å². The van der Waals surface area contributed by atoms with Gasteiger partial charge >= 0.3 is 0 Å². The number of rotatable bonds is 6. The average molecular weight is 400 g/mol. The van der Waals surface area contributed by atoms with Crippen molar-refractivity contribution in [2.45, 2.75) is 58.6 Å². The second-order valence-corrected chi connectivity index (χ2v) is 8.40. The van der Waals surface area contributed by atoms with Crippen LogP contribution in [0.25, 0.3) is 16.9 Å². The summed E-state index contributed by atoms with van der Waals surface area (Å²) in [6, 6.07) is 4.66. The second kappa shape index (κ2) is 7.24. The van der Waals surface area contributed by atoms with Crippen LogP contribution < -0.4 is 5.73 Å². The Bertz CT molecular complexity index is 1170. The number of aryl methyl sites for hydroxylation is 1. The zero-order valence-corrected chi connectivity index (χ0v) is 17.0. The Morgan fingerprint density at radius 1 is 1.28 bits per heavy atom. The van der Waals surface area contributed by atoms with Crippen LogP contribution in [-0.4, -0.2) is 36.0 Å². The number of aliphatic hydroxyl groups is 2. The summed E-state index contributed by atoms with van der Waals surface area (Å²) >= 11 is 0. The molecule has 0 amide bonds. The number of hydrogen-bond donors (Lipinski definition) is 3. The van der Waals surface area contributed by atoms with Crippen LogP contribution >= 0.6 is 0 Å². The van der Waals surface area contributed by atoms with Crippen molar-refractivity contribution in [1.29, 1.82) is 0 Å². The van der Waals surface area contributed by atoms with Crippen LogP contribution in [0.2, 0.25) is 0 Å². The molecule has 1 aromatic carbocycles. The Morgan fingerprint density at radius 2 is 2.00 bits per heavy atom. The molecule has 0 unspecified atom stereocenters. The monoisotopic (exact) mass is 399 g/mol. The Hall–Kier alpha value is -2.77. The molecule has 3 rings (SSSR count). The number of Topliss-reactive ketones (excluding diaryl/α,β-unsaturated/α-hetero) is 1. The number of carbonyl (C=O) groups is 1. The lowest BCUT2D eigenvalue weighted by atomic mass is 9.93. The van der Waals surface area contributed by atoms with E-state index in [9.17, 15) is 15.0 Å². The summed E-state index contributed by atoms with van der Waals surface area (Å²) in [5.74, 6) is -0.277. The molecule has 4 N–H and O–H groups in total. The number of anilines is 1. The molecule has 7 nitrogen and oxygen atoms in total. The lowest BCUT2D eigenvalue weighted by molar-refractivity contribution is 0.0631. The van der Waals surface area contributed by atoms with Crippen LogP contribution in [0.5, 0.6) is 0 Å². The number of nitrogens with zero attached hydrogens (tertiary/aromatic N) is 3. The Balaban J connectivity index is 2.20. The maximum atomic E-state index is 12.7. The highest BCUT2D eigenvalue weighted by atomic mass is 16.3. The molecule has 154 valence electrons. The average Bonchev–Trinajstić information content (AvgIpc) is 3.08. The van der Waals surface area contributed by atoms with Crippen molar-refractivity contribution < 1.29 is 19.1 Å². The van der Waals surface area contributed by atoms with E-state index in [2.05, 4.69) is 9.97 Å². The van der Waals surface area contributed by atoms with Crippen LogP contribution in [0.1, 0.15) is 66.3 Å². The predicted octanol–water partition coefficient (Wildman–Crippen LogP) is 3.25. The Labute approximate surface area is 174 Å². The molecule has 0 atom stereocenters. The fourth-order valence-electron chi connectivity index (χ4n) is 3.03. The summed E-state index contributed by atoms with van der Waals surface area (Å²) in [5, 5.41) is 20.4. The van der Waals surface area contributed by atoms with Gasteiger partial charge in [0.2, 0.25) is 0 Å². The molecule has 7 heteroatoms. The third kappa shape index (κ3) is 4.46. The van der Waals surface area contributed by atoms with Crippen LogP contribution in [0.3, 0.4) is 0 Å². The van der Waals surface area contributed by atoms with Gasteiger partial charge in [0.05, 0.1) is 23.1 Å². The summed E-state index contributed by atoms with van der Waals surface area (Å²) in [6.07, 6.45) is 3.26. The molecule has 2 aromatic heterocycles. The lowest BCUT2D eigenvalue weighted by Gasteiger charge is -2.19. The van der Waals surface area contributed by atoms with E-state index in [1.165, 1.54) is 18.5 Å². The van der Waals surface area contributed by atoms with Crippen molar-refractivity contribution in [2.24, 2.45) is 0 Å². The molecule has 29 heavy (non-hydrogen) atoms. The van der Waals surface area contributed by atoms with Crippen LogP contribution in [0.15, 0.2) is 30.6 Å². The first kappa shape index (κ1) is 17.1. The van der Waals surface area contributed by atoms with Gasteiger partial charge in [0.15, 0.2) is 17.2 Å². The normalized spacial score (nSPS) is 14.5. The summed E-state index contributed by atoms with van der Waals surface area (Å²) in [5.41, 5.74) is 5.58. The lowest BCUT2D eigenvalue weighted by Crippen LogP contribution is -2.20. The van der Waals surface area contributed by atoms with Gasteiger partial charge in [-0.3, -0.25) is 9.20 Å². The van der Waals surface area contributed by atoms with E-state index in [-0.39, 0.29) is 41.3 Å². The first-order chi connectivity index (χ1) is 14.6. The molecule has 3 aromatic rings. The molecular weight excluding hydrogens is 368 g/mol. The van der Waals surface area contributed by atoms with Gasteiger partial charge in [0.25, 0.3) is 0 Å². The molecule has 0 fully saturated rings. The van der Waals surface area contributed by atoms with Gasteiger partial charge in [-0.2, -0.15) is 0 Å². The van der Waals surface area contributed by atoms with Crippen molar-refractivity contribution >= 4 is 17.2 Å². The highest BCUT2D eigenvalue weighted by Crippen LogP contribution is 2.30. The molecular formula is C22H28N4O3. The Morgan fingerprint density at radius 3 is 2.62 bits per heavy atom. The van der Waals surface area contributed by atoms with Crippen molar-refractivity contribution in [3.05, 3.63) is 47.4 Å². The van der Waals surface area contributed by atoms with Crippen molar-refractivity contribution in [1.82, 2.24) is 14.4 Å². The maximum absolute atomic E-state index is 12.7. The van der Waals surface area contributed by atoms with Gasteiger partial charge in [-0.05, 0) is 58.2 Å². The van der Waals surface area contributed by atoms with Gasteiger partial charge in [-0.1, -0.05) is 12.1 Å². The predicted molar refractivity (Wildman–Crippen MR) is 113 cm³/mol. The molecule has 0 saturated carbocycles.